The quantitative estimate of drug-likeness (QED) is 0.749. The van der Waals surface area contributed by atoms with Crippen LogP contribution in [0, 0.1) is 16.7 Å². The topological polar surface area (TPSA) is 65.4 Å². The molecule has 1 aliphatic carbocycles. The lowest BCUT2D eigenvalue weighted by Gasteiger charge is -2.41. The molecule has 148 valence electrons. The van der Waals surface area contributed by atoms with Crippen LogP contribution in [0.3, 0.4) is 0 Å². The molecule has 1 aromatic carbocycles. The molecule has 2 aliphatic rings. The van der Waals surface area contributed by atoms with Gasteiger partial charge in [-0.2, -0.15) is 0 Å². The van der Waals surface area contributed by atoms with E-state index in [1.54, 1.807) is 0 Å². The third kappa shape index (κ3) is 3.89. The second-order valence-corrected chi connectivity index (χ2v) is 8.38. The second-order valence-electron chi connectivity index (χ2n) is 8.38. The molecule has 2 fully saturated rings. The van der Waals surface area contributed by atoms with E-state index in [1.807, 2.05) is 0 Å². The number of ether oxygens (including phenoxy) is 1. The van der Waals surface area contributed by atoms with Crippen LogP contribution in [0.15, 0.2) is 24.3 Å². The predicted octanol–water partition coefficient (Wildman–Crippen LogP) is 5.07. The molecule has 1 aliphatic heterocycles. The smallest absolute Gasteiger partial charge is 0.406 e. The number of anilines is 1. The Hall–Kier alpha value is -2.25. The van der Waals surface area contributed by atoms with Crippen LogP contribution >= 0.6 is 0 Å². The first-order chi connectivity index (χ1) is 12.4. The summed E-state index contributed by atoms with van der Waals surface area (Å²) in [5.74, 6) is 0.322. The van der Waals surface area contributed by atoms with E-state index in [2.05, 4.69) is 30.8 Å². The van der Waals surface area contributed by atoms with E-state index in [0.29, 0.717) is 24.4 Å². The van der Waals surface area contributed by atoms with Crippen LogP contribution in [0.5, 0.6) is 5.75 Å². The Kier molecular flexibility index (Phi) is 4.64. The molecule has 1 saturated carbocycles. The third-order valence-electron chi connectivity index (χ3n) is 5.62. The summed E-state index contributed by atoms with van der Waals surface area (Å²) in [5, 5.41) is 11.5. The minimum atomic E-state index is -4.77. The Morgan fingerprint density at radius 2 is 1.70 bits per heavy atom. The fraction of sp³-hybridized carbons (Fsp3) is 0.579. The van der Waals surface area contributed by atoms with Crippen molar-refractivity contribution in [2.24, 2.45) is 11.3 Å². The van der Waals surface area contributed by atoms with Crippen molar-refractivity contribution in [2.75, 3.05) is 4.90 Å². The van der Waals surface area contributed by atoms with Gasteiger partial charge in [-0.25, -0.2) is 9.69 Å². The molecule has 1 spiro atoms. The predicted molar refractivity (Wildman–Crippen MR) is 96.0 cm³/mol. The van der Waals surface area contributed by atoms with Crippen molar-refractivity contribution >= 4 is 17.6 Å². The maximum Gasteiger partial charge on any atom is 0.573 e. The van der Waals surface area contributed by atoms with Crippen molar-refractivity contribution in [3.05, 3.63) is 24.3 Å². The summed E-state index contributed by atoms with van der Waals surface area (Å²) < 4.78 is 40.7. The number of benzene rings is 1. The van der Waals surface area contributed by atoms with Crippen LogP contribution < -0.4 is 15.0 Å². The zero-order valence-corrected chi connectivity index (χ0v) is 15.6. The first-order valence-electron chi connectivity index (χ1n) is 8.98. The van der Waals surface area contributed by atoms with Crippen molar-refractivity contribution in [3.8, 4) is 5.75 Å². The van der Waals surface area contributed by atoms with Gasteiger partial charge in [0.05, 0.1) is 11.2 Å². The average molecular weight is 383 g/mol. The Labute approximate surface area is 156 Å². The van der Waals surface area contributed by atoms with E-state index in [4.69, 9.17) is 5.41 Å². The van der Waals surface area contributed by atoms with Gasteiger partial charge in [-0.3, -0.25) is 5.41 Å². The van der Waals surface area contributed by atoms with E-state index < -0.39 is 17.9 Å². The van der Waals surface area contributed by atoms with E-state index in [9.17, 15) is 18.0 Å². The lowest BCUT2D eigenvalue weighted by Crippen LogP contribution is -2.50. The van der Waals surface area contributed by atoms with Crippen molar-refractivity contribution in [1.82, 2.24) is 5.32 Å². The SMILES string of the molecule is CC(C)(C)[C@H]1CC[C@@]2(CC1)NC(=O)N(c1ccc(OC(F)(F)F)cc1)C2=N. The number of nitrogens with zero attached hydrogens (tertiary/aromatic N) is 1. The van der Waals surface area contributed by atoms with E-state index in [-0.39, 0.29) is 17.0 Å². The summed E-state index contributed by atoms with van der Waals surface area (Å²) >= 11 is 0. The molecule has 0 atom stereocenters. The van der Waals surface area contributed by atoms with Gasteiger partial charge in [0.1, 0.15) is 11.6 Å². The number of halogens is 3. The molecule has 1 aromatic rings. The lowest BCUT2D eigenvalue weighted by molar-refractivity contribution is -0.274. The monoisotopic (exact) mass is 383 g/mol. The van der Waals surface area contributed by atoms with Crippen molar-refractivity contribution in [3.63, 3.8) is 0 Å². The maximum atomic E-state index is 12.5. The average Bonchev–Trinajstić information content (AvgIpc) is 2.77. The minimum Gasteiger partial charge on any atom is -0.406 e. The number of amides is 2. The first kappa shape index (κ1) is 19.5. The number of carbonyl (C=O) groups is 1. The van der Waals surface area contributed by atoms with Gasteiger partial charge in [0, 0.05) is 0 Å². The number of hydrogen-bond acceptors (Lipinski definition) is 3. The van der Waals surface area contributed by atoms with E-state index in [1.165, 1.54) is 17.0 Å². The van der Waals surface area contributed by atoms with Crippen LogP contribution in [0.1, 0.15) is 46.5 Å². The number of urea groups is 1. The van der Waals surface area contributed by atoms with Crippen molar-refractivity contribution in [2.45, 2.75) is 58.4 Å². The molecular weight excluding hydrogens is 359 g/mol. The summed E-state index contributed by atoms with van der Waals surface area (Å²) in [6, 6.07) is 4.58. The Balaban J connectivity index is 1.75. The first-order valence-corrected chi connectivity index (χ1v) is 8.98. The summed E-state index contributed by atoms with van der Waals surface area (Å²) in [6.45, 7) is 6.60. The highest BCUT2D eigenvalue weighted by Crippen LogP contribution is 2.44. The van der Waals surface area contributed by atoms with Crippen LogP contribution in [0.4, 0.5) is 23.7 Å². The largest absolute Gasteiger partial charge is 0.573 e. The molecule has 1 saturated heterocycles. The van der Waals surface area contributed by atoms with Gasteiger partial charge in [0.15, 0.2) is 0 Å². The molecule has 3 rings (SSSR count). The molecule has 1 heterocycles. The number of hydrogen-bond donors (Lipinski definition) is 2. The minimum absolute atomic E-state index is 0.157. The lowest BCUT2D eigenvalue weighted by atomic mass is 9.67. The summed E-state index contributed by atoms with van der Waals surface area (Å²) in [5.41, 5.74) is -0.165. The van der Waals surface area contributed by atoms with E-state index in [0.717, 1.165) is 25.0 Å². The number of rotatable bonds is 2. The molecule has 5 nitrogen and oxygen atoms in total. The van der Waals surface area contributed by atoms with Gasteiger partial charge < -0.3 is 10.1 Å². The van der Waals surface area contributed by atoms with Gasteiger partial charge in [-0.05, 0) is 61.3 Å². The third-order valence-corrected chi connectivity index (χ3v) is 5.62. The highest BCUT2D eigenvalue weighted by molar-refractivity contribution is 6.24. The Morgan fingerprint density at radius 1 is 1.15 bits per heavy atom. The molecule has 0 radical (unpaired) electrons. The maximum absolute atomic E-state index is 12.5. The van der Waals surface area contributed by atoms with Gasteiger partial charge in [-0.1, -0.05) is 20.8 Å². The summed E-state index contributed by atoms with van der Waals surface area (Å²) in [6.07, 6.45) is -1.57. The highest BCUT2D eigenvalue weighted by Gasteiger charge is 2.51. The number of amidine groups is 1. The molecule has 0 aromatic heterocycles. The fourth-order valence-corrected chi connectivity index (χ4v) is 4.02. The van der Waals surface area contributed by atoms with Crippen molar-refractivity contribution in [1.29, 1.82) is 5.41 Å². The Morgan fingerprint density at radius 3 is 2.19 bits per heavy atom. The highest BCUT2D eigenvalue weighted by atomic mass is 19.4. The van der Waals surface area contributed by atoms with Crippen LogP contribution in [0.25, 0.3) is 0 Å². The standard InChI is InChI=1S/C19H24F3N3O2/c1-17(2,3)12-8-10-18(11-9-12)15(23)25(16(26)24-18)13-4-6-14(7-5-13)27-19(20,21)22/h4-7,12,23H,8-11H2,1-3H3,(H,24,26)/t12-,18-. The summed E-state index contributed by atoms with van der Waals surface area (Å²) in [7, 11) is 0. The molecule has 27 heavy (non-hydrogen) atoms. The van der Waals surface area contributed by atoms with Crippen molar-refractivity contribution < 1.29 is 22.7 Å². The van der Waals surface area contributed by atoms with Crippen LogP contribution in [0.2, 0.25) is 0 Å². The Bertz CT molecular complexity index is 730. The number of alkyl halides is 3. The van der Waals surface area contributed by atoms with Gasteiger partial charge in [0.2, 0.25) is 0 Å². The molecular formula is C19H24F3N3O2. The molecule has 2 amide bonds. The zero-order valence-electron chi connectivity index (χ0n) is 15.6. The second kappa shape index (κ2) is 6.42. The normalized spacial score (nSPS) is 26.4. The van der Waals surface area contributed by atoms with Gasteiger partial charge >= 0.3 is 12.4 Å². The molecule has 0 bridgehead atoms. The zero-order chi connectivity index (χ0) is 20.0. The van der Waals surface area contributed by atoms with Crippen LogP contribution in [-0.2, 0) is 0 Å². The van der Waals surface area contributed by atoms with E-state index >= 15 is 0 Å². The number of carbonyl (C=O) groups excluding carboxylic acids is 1. The summed E-state index contributed by atoms with van der Waals surface area (Å²) in [4.78, 5) is 13.7. The van der Waals surface area contributed by atoms with Gasteiger partial charge in [-0.15, -0.1) is 13.2 Å². The molecule has 2 N–H and O–H groups in total. The van der Waals surface area contributed by atoms with Crippen LogP contribution in [-0.4, -0.2) is 23.8 Å². The van der Waals surface area contributed by atoms with Gasteiger partial charge in [0.25, 0.3) is 0 Å². The fourth-order valence-electron chi connectivity index (χ4n) is 4.02. The molecule has 0 unspecified atom stereocenters. The molecule has 8 heteroatoms. The number of nitrogens with one attached hydrogen (secondary N) is 2.